The Bertz CT molecular complexity index is 404. The zero-order valence-electron chi connectivity index (χ0n) is 8.90. The number of aromatic carboxylic acids is 1. The van der Waals surface area contributed by atoms with E-state index in [9.17, 15) is 9.90 Å². The molecular formula is C11H14N2O3. The SMILES string of the molecule is CNCC(C=N)c1ccc(C(=O)O)cc1O. The Morgan fingerprint density at radius 2 is 2.31 bits per heavy atom. The number of rotatable bonds is 5. The molecule has 0 aliphatic carbocycles. The maximum absolute atomic E-state index is 10.7. The van der Waals surface area contributed by atoms with Gasteiger partial charge < -0.3 is 20.9 Å². The number of carbonyl (C=O) groups is 1. The minimum Gasteiger partial charge on any atom is -0.508 e. The maximum atomic E-state index is 10.7. The standard InChI is InChI=1S/C11H14N2O3/c1-13-6-8(5-12)9-3-2-7(11(15)16)4-10(9)14/h2-5,8,12-14H,6H2,1H3,(H,15,16). The molecule has 1 rings (SSSR count). The molecule has 1 unspecified atom stereocenters. The lowest BCUT2D eigenvalue weighted by atomic mass is 9.98. The van der Waals surface area contributed by atoms with Gasteiger partial charge in [0, 0.05) is 24.2 Å². The van der Waals surface area contributed by atoms with E-state index in [1.165, 1.54) is 24.4 Å². The summed E-state index contributed by atoms with van der Waals surface area (Å²) in [5, 5.41) is 28.6. The quantitative estimate of drug-likeness (QED) is 0.560. The van der Waals surface area contributed by atoms with Gasteiger partial charge in [0.1, 0.15) is 5.75 Å². The van der Waals surface area contributed by atoms with Crippen LogP contribution in [0.5, 0.6) is 5.75 Å². The number of carboxylic acids is 1. The highest BCUT2D eigenvalue weighted by Gasteiger charge is 2.14. The number of likely N-dealkylation sites (N-methyl/N-ethyl adjacent to an activating group) is 1. The molecule has 0 heterocycles. The van der Waals surface area contributed by atoms with E-state index in [1.807, 2.05) is 0 Å². The highest BCUT2D eigenvalue weighted by Crippen LogP contribution is 2.25. The van der Waals surface area contributed by atoms with Crippen molar-refractivity contribution in [2.45, 2.75) is 5.92 Å². The minimum atomic E-state index is -1.08. The molecule has 0 fully saturated rings. The summed E-state index contributed by atoms with van der Waals surface area (Å²) in [5.74, 6) is -1.43. The lowest BCUT2D eigenvalue weighted by Crippen LogP contribution is -2.18. The molecule has 0 saturated carbocycles. The van der Waals surface area contributed by atoms with Crippen LogP contribution in [0.15, 0.2) is 18.2 Å². The fourth-order valence-corrected chi connectivity index (χ4v) is 1.47. The average molecular weight is 222 g/mol. The van der Waals surface area contributed by atoms with E-state index in [0.717, 1.165) is 0 Å². The summed E-state index contributed by atoms with van der Waals surface area (Å²) in [5.41, 5.74) is 0.587. The number of hydrogen-bond donors (Lipinski definition) is 4. The number of hydrogen-bond acceptors (Lipinski definition) is 4. The third kappa shape index (κ3) is 2.58. The van der Waals surface area contributed by atoms with Crippen molar-refractivity contribution >= 4 is 12.2 Å². The lowest BCUT2D eigenvalue weighted by Gasteiger charge is -2.13. The van der Waals surface area contributed by atoms with Gasteiger partial charge in [-0.3, -0.25) is 0 Å². The van der Waals surface area contributed by atoms with Crippen molar-refractivity contribution in [3.05, 3.63) is 29.3 Å². The smallest absolute Gasteiger partial charge is 0.335 e. The van der Waals surface area contributed by atoms with Gasteiger partial charge in [-0.1, -0.05) is 6.07 Å². The monoisotopic (exact) mass is 222 g/mol. The Labute approximate surface area is 93.2 Å². The second-order valence-corrected chi connectivity index (χ2v) is 3.41. The molecule has 0 radical (unpaired) electrons. The molecule has 1 atom stereocenters. The summed E-state index contributed by atoms with van der Waals surface area (Å²) >= 11 is 0. The lowest BCUT2D eigenvalue weighted by molar-refractivity contribution is 0.0696. The fourth-order valence-electron chi connectivity index (χ4n) is 1.47. The van der Waals surface area contributed by atoms with Crippen LogP contribution in [0.1, 0.15) is 21.8 Å². The van der Waals surface area contributed by atoms with E-state index in [4.69, 9.17) is 10.5 Å². The minimum absolute atomic E-state index is 0.0365. The van der Waals surface area contributed by atoms with Crippen LogP contribution < -0.4 is 5.32 Å². The molecule has 16 heavy (non-hydrogen) atoms. The zero-order chi connectivity index (χ0) is 12.1. The average Bonchev–Trinajstić information content (AvgIpc) is 2.26. The second kappa shape index (κ2) is 5.27. The Balaban J connectivity index is 3.06. The van der Waals surface area contributed by atoms with E-state index < -0.39 is 5.97 Å². The molecular weight excluding hydrogens is 208 g/mol. The van der Waals surface area contributed by atoms with Crippen LogP contribution in [-0.4, -0.2) is 36.0 Å². The molecule has 86 valence electrons. The first-order valence-corrected chi connectivity index (χ1v) is 4.81. The van der Waals surface area contributed by atoms with Crippen LogP contribution in [-0.2, 0) is 0 Å². The normalized spacial score (nSPS) is 12.1. The van der Waals surface area contributed by atoms with Crippen molar-refractivity contribution in [2.24, 2.45) is 0 Å². The molecule has 0 aliphatic heterocycles. The Kier molecular flexibility index (Phi) is 4.02. The fraction of sp³-hybridized carbons (Fsp3) is 0.273. The highest BCUT2D eigenvalue weighted by atomic mass is 16.4. The van der Waals surface area contributed by atoms with Gasteiger partial charge in [-0.2, -0.15) is 0 Å². The van der Waals surface area contributed by atoms with Crippen LogP contribution in [0.4, 0.5) is 0 Å². The number of benzene rings is 1. The largest absolute Gasteiger partial charge is 0.508 e. The maximum Gasteiger partial charge on any atom is 0.335 e. The number of phenolic OH excluding ortho intramolecular Hbond substituents is 1. The first-order chi connectivity index (χ1) is 7.60. The van der Waals surface area contributed by atoms with Crippen LogP contribution in [0.2, 0.25) is 0 Å². The van der Waals surface area contributed by atoms with E-state index >= 15 is 0 Å². The van der Waals surface area contributed by atoms with Crippen molar-refractivity contribution in [1.29, 1.82) is 5.41 Å². The molecule has 0 aromatic heterocycles. The molecule has 5 nitrogen and oxygen atoms in total. The number of aromatic hydroxyl groups is 1. The Hall–Kier alpha value is -1.88. The van der Waals surface area contributed by atoms with Gasteiger partial charge in [-0.25, -0.2) is 4.79 Å². The predicted molar refractivity (Wildman–Crippen MR) is 60.5 cm³/mol. The molecule has 1 aromatic carbocycles. The number of nitrogens with one attached hydrogen (secondary N) is 2. The molecule has 0 spiro atoms. The van der Waals surface area contributed by atoms with E-state index in [0.29, 0.717) is 12.1 Å². The summed E-state index contributed by atoms with van der Waals surface area (Å²) in [7, 11) is 1.75. The third-order valence-electron chi connectivity index (χ3n) is 2.30. The van der Waals surface area contributed by atoms with Crippen LogP contribution in [0.25, 0.3) is 0 Å². The van der Waals surface area contributed by atoms with Crippen molar-refractivity contribution in [3.63, 3.8) is 0 Å². The highest BCUT2D eigenvalue weighted by molar-refractivity contribution is 5.88. The van der Waals surface area contributed by atoms with Crippen LogP contribution >= 0.6 is 0 Å². The molecule has 4 N–H and O–H groups in total. The summed E-state index contributed by atoms with van der Waals surface area (Å²) in [6, 6.07) is 4.15. The summed E-state index contributed by atoms with van der Waals surface area (Å²) in [4.78, 5) is 10.7. The van der Waals surface area contributed by atoms with E-state index in [1.54, 1.807) is 7.05 Å². The Morgan fingerprint density at radius 3 is 2.75 bits per heavy atom. The first kappa shape index (κ1) is 12.2. The van der Waals surface area contributed by atoms with Gasteiger partial charge >= 0.3 is 5.97 Å². The van der Waals surface area contributed by atoms with Crippen molar-refractivity contribution in [3.8, 4) is 5.75 Å². The van der Waals surface area contributed by atoms with Crippen LogP contribution in [0.3, 0.4) is 0 Å². The van der Waals surface area contributed by atoms with Gasteiger partial charge in [0.2, 0.25) is 0 Å². The van der Waals surface area contributed by atoms with Gasteiger partial charge in [-0.15, -0.1) is 0 Å². The molecule has 1 aromatic rings. The van der Waals surface area contributed by atoms with Crippen molar-refractivity contribution < 1.29 is 15.0 Å². The summed E-state index contributed by atoms with van der Waals surface area (Å²) in [6.45, 7) is 0.517. The molecule has 0 amide bonds. The van der Waals surface area contributed by atoms with Crippen LogP contribution in [0, 0.1) is 5.41 Å². The number of carboxylic acid groups (broad SMARTS) is 1. The van der Waals surface area contributed by atoms with Crippen molar-refractivity contribution in [1.82, 2.24) is 5.32 Å². The first-order valence-electron chi connectivity index (χ1n) is 4.81. The molecule has 0 aliphatic rings. The topological polar surface area (TPSA) is 93.4 Å². The summed E-state index contributed by atoms with van der Waals surface area (Å²) in [6.07, 6.45) is 1.21. The second-order valence-electron chi connectivity index (χ2n) is 3.41. The van der Waals surface area contributed by atoms with Gasteiger partial charge in [-0.05, 0) is 19.2 Å². The van der Waals surface area contributed by atoms with E-state index in [2.05, 4.69) is 5.32 Å². The molecule has 0 saturated heterocycles. The number of phenols is 1. The zero-order valence-corrected chi connectivity index (χ0v) is 8.90. The van der Waals surface area contributed by atoms with Gasteiger partial charge in [0.05, 0.1) is 5.56 Å². The van der Waals surface area contributed by atoms with E-state index in [-0.39, 0.29) is 17.2 Å². The summed E-state index contributed by atoms with van der Waals surface area (Å²) < 4.78 is 0. The van der Waals surface area contributed by atoms with Gasteiger partial charge in [0.25, 0.3) is 0 Å². The molecule has 5 heteroatoms. The van der Waals surface area contributed by atoms with Gasteiger partial charge in [0.15, 0.2) is 0 Å². The molecule has 0 bridgehead atoms. The van der Waals surface area contributed by atoms with Crippen molar-refractivity contribution in [2.75, 3.05) is 13.6 Å². The predicted octanol–water partition coefficient (Wildman–Crippen LogP) is 1.04. The Morgan fingerprint density at radius 1 is 1.62 bits per heavy atom. The third-order valence-corrected chi connectivity index (χ3v) is 2.30.